The Bertz CT molecular complexity index is 451. The third-order valence-corrected chi connectivity index (χ3v) is 3.62. The zero-order valence-corrected chi connectivity index (χ0v) is 11.5. The number of amides is 2. The Labute approximate surface area is 118 Å². The van der Waals surface area contributed by atoms with Crippen molar-refractivity contribution in [1.82, 2.24) is 10.6 Å². The average molecular weight is 275 g/mol. The van der Waals surface area contributed by atoms with Gasteiger partial charge in [0.1, 0.15) is 0 Å². The highest BCUT2D eigenvalue weighted by Crippen LogP contribution is 2.13. The Hall–Kier alpha value is -1.88. The Kier molecular flexibility index (Phi) is 5.12. The number of hydrogen-bond donors (Lipinski definition) is 3. The molecule has 0 aromatic heterocycles. The molecule has 2 rings (SSSR count). The summed E-state index contributed by atoms with van der Waals surface area (Å²) in [6, 6.07) is 9.78. The number of rotatable bonds is 5. The number of piperidine rings is 1. The molecule has 0 spiro atoms. The minimum absolute atomic E-state index is 0.00487. The van der Waals surface area contributed by atoms with Gasteiger partial charge in [-0.15, -0.1) is 0 Å². The molecular weight excluding hydrogens is 254 g/mol. The Balaban J connectivity index is 1.70. The van der Waals surface area contributed by atoms with Crippen LogP contribution in [0.3, 0.4) is 0 Å². The summed E-state index contributed by atoms with van der Waals surface area (Å²) in [7, 11) is 0. The van der Waals surface area contributed by atoms with E-state index in [0.29, 0.717) is 32.4 Å². The zero-order chi connectivity index (χ0) is 14.4. The smallest absolute Gasteiger partial charge is 0.224 e. The van der Waals surface area contributed by atoms with Gasteiger partial charge < -0.3 is 16.4 Å². The normalized spacial score (nSPS) is 20.1. The van der Waals surface area contributed by atoms with E-state index in [-0.39, 0.29) is 23.8 Å². The molecule has 20 heavy (non-hydrogen) atoms. The zero-order valence-electron chi connectivity index (χ0n) is 11.5. The first kappa shape index (κ1) is 14.5. The van der Waals surface area contributed by atoms with Crippen LogP contribution in [0.15, 0.2) is 30.3 Å². The van der Waals surface area contributed by atoms with Crippen LogP contribution < -0.4 is 16.4 Å². The first-order chi connectivity index (χ1) is 9.66. The predicted octanol–water partition coefficient (Wildman–Crippen LogP) is 0.719. The summed E-state index contributed by atoms with van der Waals surface area (Å²) in [6.45, 7) is 0.995. The van der Waals surface area contributed by atoms with E-state index in [4.69, 9.17) is 5.73 Å². The first-order valence-electron chi connectivity index (χ1n) is 7.02. The van der Waals surface area contributed by atoms with Crippen LogP contribution in [0.1, 0.15) is 30.9 Å². The van der Waals surface area contributed by atoms with E-state index in [2.05, 4.69) is 10.6 Å². The molecule has 0 radical (unpaired) electrons. The Morgan fingerprint density at radius 2 is 2.15 bits per heavy atom. The van der Waals surface area contributed by atoms with Gasteiger partial charge in [-0.2, -0.15) is 0 Å². The molecule has 4 N–H and O–H groups in total. The van der Waals surface area contributed by atoms with E-state index in [1.54, 1.807) is 0 Å². The quantitative estimate of drug-likeness (QED) is 0.740. The first-order valence-corrected chi connectivity index (χ1v) is 7.02. The number of carbonyl (C=O) groups is 2. The van der Waals surface area contributed by atoms with E-state index in [1.165, 1.54) is 0 Å². The van der Waals surface area contributed by atoms with Crippen molar-refractivity contribution in [3.05, 3.63) is 35.9 Å². The topological polar surface area (TPSA) is 84.2 Å². The van der Waals surface area contributed by atoms with E-state index in [1.807, 2.05) is 30.3 Å². The summed E-state index contributed by atoms with van der Waals surface area (Å²) in [5.74, 6) is -0.0777. The second-order valence-electron chi connectivity index (χ2n) is 5.14. The van der Waals surface area contributed by atoms with Gasteiger partial charge >= 0.3 is 0 Å². The van der Waals surface area contributed by atoms with Crippen molar-refractivity contribution < 1.29 is 9.59 Å². The maximum Gasteiger partial charge on any atom is 0.224 e. The molecule has 0 aliphatic carbocycles. The van der Waals surface area contributed by atoms with Crippen LogP contribution in [-0.4, -0.2) is 24.9 Å². The fourth-order valence-corrected chi connectivity index (χ4v) is 2.32. The molecule has 5 heteroatoms. The molecule has 1 aromatic rings. The molecular formula is C15H21N3O2. The molecule has 0 saturated carbocycles. The fraction of sp³-hybridized carbons (Fsp3) is 0.467. The van der Waals surface area contributed by atoms with E-state index >= 15 is 0 Å². The van der Waals surface area contributed by atoms with Crippen molar-refractivity contribution >= 4 is 11.8 Å². The number of benzene rings is 1. The van der Waals surface area contributed by atoms with E-state index in [9.17, 15) is 9.59 Å². The monoisotopic (exact) mass is 275 g/mol. The summed E-state index contributed by atoms with van der Waals surface area (Å²) in [6.07, 6.45) is 1.76. The molecule has 2 atom stereocenters. The highest BCUT2D eigenvalue weighted by molar-refractivity contribution is 5.83. The standard InChI is InChI=1S/C15H21N3O2/c16-13(11-4-2-1-3-5-11)8-9-17-15(20)12-6-7-14(19)18-10-12/h1-5,12-13H,6-10,16H2,(H,17,20)(H,18,19). The van der Waals surface area contributed by atoms with Gasteiger partial charge in [-0.3, -0.25) is 9.59 Å². The molecule has 1 aliphatic heterocycles. The average Bonchev–Trinajstić information content (AvgIpc) is 2.48. The third-order valence-electron chi connectivity index (χ3n) is 3.62. The summed E-state index contributed by atoms with van der Waals surface area (Å²) < 4.78 is 0. The van der Waals surface area contributed by atoms with Crippen molar-refractivity contribution in [2.75, 3.05) is 13.1 Å². The lowest BCUT2D eigenvalue weighted by atomic mass is 9.98. The lowest BCUT2D eigenvalue weighted by molar-refractivity contribution is -0.128. The van der Waals surface area contributed by atoms with Crippen molar-refractivity contribution in [2.45, 2.75) is 25.3 Å². The van der Waals surface area contributed by atoms with E-state index in [0.717, 1.165) is 5.56 Å². The Morgan fingerprint density at radius 3 is 2.80 bits per heavy atom. The van der Waals surface area contributed by atoms with Crippen molar-refractivity contribution in [3.8, 4) is 0 Å². The van der Waals surface area contributed by atoms with Crippen LogP contribution in [0, 0.1) is 5.92 Å². The molecule has 1 saturated heterocycles. The molecule has 0 bridgehead atoms. The van der Waals surface area contributed by atoms with Crippen molar-refractivity contribution in [1.29, 1.82) is 0 Å². The molecule has 1 heterocycles. The van der Waals surface area contributed by atoms with Gasteiger partial charge in [0.25, 0.3) is 0 Å². The van der Waals surface area contributed by atoms with Gasteiger partial charge in [0.15, 0.2) is 0 Å². The molecule has 1 aromatic carbocycles. The van der Waals surface area contributed by atoms with Crippen LogP contribution in [0.25, 0.3) is 0 Å². The number of carbonyl (C=O) groups excluding carboxylic acids is 2. The Morgan fingerprint density at radius 1 is 1.40 bits per heavy atom. The highest BCUT2D eigenvalue weighted by atomic mass is 16.2. The second-order valence-corrected chi connectivity index (χ2v) is 5.14. The van der Waals surface area contributed by atoms with Crippen LogP contribution in [-0.2, 0) is 9.59 Å². The van der Waals surface area contributed by atoms with Gasteiger partial charge in [-0.1, -0.05) is 30.3 Å². The number of nitrogens with two attached hydrogens (primary N) is 1. The maximum absolute atomic E-state index is 11.9. The van der Waals surface area contributed by atoms with Crippen LogP contribution in [0.4, 0.5) is 0 Å². The second kappa shape index (κ2) is 7.05. The summed E-state index contributed by atoms with van der Waals surface area (Å²) >= 11 is 0. The fourth-order valence-electron chi connectivity index (χ4n) is 2.32. The predicted molar refractivity (Wildman–Crippen MR) is 76.7 cm³/mol. The van der Waals surface area contributed by atoms with Crippen LogP contribution in [0.2, 0.25) is 0 Å². The number of hydrogen-bond acceptors (Lipinski definition) is 3. The van der Waals surface area contributed by atoms with Crippen molar-refractivity contribution in [3.63, 3.8) is 0 Å². The number of nitrogens with one attached hydrogen (secondary N) is 2. The highest BCUT2D eigenvalue weighted by Gasteiger charge is 2.24. The minimum atomic E-state index is -0.111. The summed E-state index contributed by atoms with van der Waals surface area (Å²) in [4.78, 5) is 23.0. The largest absolute Gasteiger partial charge is 0.356 e. The third kappa shape index (κ3) is 4.06. The van der Waals surface area contributed by atoms with Gasteiger partial charge in [0.2, 0.25) is 11.8 Å². The van der Waals surface area contributed by atoms with Gasteiger partial charge in [-0.25, -0.2) is 0 Å². The molecule has 5 nitrogen and oxygen atoms in total. The summed E-state index contributed by atoms with van der Waals surface area (Å²) in [5.41, 5.74) is 7.15. The molecule has 1 aliphatic rings. The van der Waals surface area contributed by atoms with Gasteiger partial charge in [0.05, 0.1) is 5.92 Å². The molecule has 2 amide bonds. The van der Waals surface area contributed by atoms with Gasteiger partial charge in [0, 0.05) is 25.6 Å². The lowest BCUT2D eigenvalue weighted by Gasteiger charge is -2.22. The van der Waals surface area contributed by atoms with Crippen LogP contribution in [0.5, 0.6) is 0 Å². The molecule has 108 valence electrons. The minimum Gasteiger partial charge on any atom is -0.356 e. The summed E-state index contributed by atoms with van der Waals surface area (Å²) in [5, 5.41) is 5.61. The maximum atomic E-state index is 11.9. The SMILES string of the molecule is NC(CCNC(=O)C1CCC(=O)NC1)c1ccccc1. The lowest BCUT2D eigenvalue weighted by Crippen LogP contribution is -2.43. The molecule has 2 unspecified atom stereocenters. The van der Waals surface area contributed by atoms with Gasteiger partial charge in [-0.05, 0) is 18.4 Å². The van der Waals surface area contributed by atoms with Crippen LogP contribution >= 0.6 is 0 Å². The van der Waals surface area contributed by atoms with Crippen molar-refractivity contribution in [2.24, 2.45) is 11.7 Å². The van der Waals surface area contributed by atoms with E-state index < -0.39 is 0 Å². The molecule has 1 fully saturated rings.